The maximum Gasteiger partial charge on any atom is 0.251 e. The average Bonchev–Trinajstić information content (AvgIpc) is 2.73. The van der Waals surface area contributed by atoms with Crippen molar-refractivity contribution >= 4 is 17.5 Å². The fraction of sp³-hybridized carbons (Fsp3) is 0.333. The van der Waals surface area contributed by atoms with Gasteiger partial charge in [0.05, 0.1) is 10.7 Å². The summed E-state index contributed by atoms with van der Waals surface area (Å²) >= 11 is 5.93. The quantitative estimate of drug-likeness (QED) is 0.861. The number of halogens is 1. The van der Waals surface area contributed by atoms with Crippen LogP contribution in [0.3, 0.4) is 0 Å². The second kappa shape index (κ2) is 6.57. The molecule has 0 radical (unpaired) electrons. The fourth-order valence-corrected chi connectivity index (χ4v) is 2.09. The van der Waals surface area contributed by atoms with Crippen LogP contribution in [0.1, 0.15) is 28.0 Å². The van der Waals surface area contributed by atoms with Crippen molar-refractivity contribution in [3.63, 3.8) is 0 Å². The summed E-state index contributed by atoms with van der Waals surface area (Å²) in [4.78, 5) is 11.9. The number of hydrogen-bond donors (Lipinski definition) is 1. The summed E-state index contributed by atoms with van der Waals surface area (Å²) in [5.41, 5.74) is 2.61. The Balaban J connectivity index is 1.77. The van der Waals surface area contributed by atoms with Crippen molar-refractivity contribution in [2.45, 2.75) is 26.8 Å². The number of carbonyl (C=O) groups excluding carboxylic acids is 1. The van der Waals surface area contributed by atoms with E-state index in [1.807, 2.05) is 38.1 Å². The molecule has 0 unspecified atom stereocenters. The molecule has 0 saturated heterocycles. The summed E-state index contributed by atoms with van der Waals surface area (Å²) in [5, 5.41) is 7.85. The maximum atomic E-state index is 11.9. The number of carbonyl (C=O) groups is 1. The van der Waals surface area contributed by atoms with Crippen molar-refractivity contribution < 1.29 is 4.79 Å². The molecule has 4 nitrogen and oxygen atoms in total. The van der Waals surface area contributed by atoms with E-state index in [0.717, 1.165) is 24.2 Å². The van der Waals surface area contributed by atoms with E-state index in [0.29, 0.717) is 17.1 Å². The Bertz CT molecular complexity index is 587. The van der Waals surface area contributed by atoms with Gasteiger partial charge in [-0.25, -0.2) is 0 Å². The topological polar surface area (TPSA) is 46.9 Å². The third-order valence-electron chi connectivity index (χ3n) is 3.02. The molecule has 20 heavy (non-hydrogen) atoms. The zero-order valence-electron chi connectivity index (χ0n) is 11.7. The van der Waals surface area contributed by atoms with Crippen molar-refractivity contribution in [3.05, 3.63) is 52.3 Å². The molecule has 0 spiro atoms. The largest absolute Gasteiger partial charge is 0.352 e. The molecule has 1 aromatic carbocycles. The van der Waals surface area contributed by atoms with Gasteiger partial charge < -0.3 is 5.32 Å². The first-order valence-corrected chi connectivity index (χ1v) is 6.98. The van der Waals surface area contributed by atoms with Crippen molar-refractivity contribution in [1.82, 2.24) is 15.1 Å². The minimum atomic E-state index is -0.0385. The van der Waals surface area contributed by atoms with Crippen LogP contribution < -0.4 is 5.32 Å². The molecule has 106 valence electrons. The molecule has 0 bridgehead atoms. The molecule has 1 aromatic heterocycles. The number of nitrogens with zero attached hydrogens (tertiary/aromatic N) is 2. The van der Waals surface area contributed by atoms with Crippen LogP contribution >= 0.6 is 11.6 Å². The molecule has 0 atom stereocenters. The fourth-order valence-electron chi connectivity index (χ4n) is 1.94. The first kappa shape index (κ1) is 14.6. The molecule has 1 amide bonds. The van der Waals surface area contributed by atoms with E-state index < -0.39 is 0 Å². The molecule has 0 aliphatic rings. The molecule has 2 aromatic rings. The van der Waals surface area contributed by atoms with Gasteiger partial charge in [0.2, 0.25) is 0 Å². The highest BCUT2D eigenvalue weighted by Gasteiger charge is 2.05. The van der Waals surface area contributed by atoms with Gasteiger partial charge >= 0.3 is 0 Å². The van der Waals surface area contributed by atoms with E-state index in [9.17, 15) is 4.79 Å². The molecule has 2 rings (SSSR count). The summed E-state index contributed by atoms with van der Waals surface area (Å²) in [5.74, 6) is -0.0385. The number of aryl methyl sites for hydroxylation is 3. The van der Waals surface area contributed by atoms with Crippen LogP contribution in [0.5, 0.6) is 0 Å². The Morgan fingerprint density at radius 2 is 2.20 bits per heavy atom. The Hall–Kier alpha value is -1.81. The molecule has 1 heterocycles. The monoisotopic (exact) mass is 291 g/mol. The van der Waals surface area contributed by atoms with Crippen molar-refractivity contribution in [2.75, 3.05) is 6.54 Å². The van der Waals surface area contributed by atoms with Gasteiger partial charge in [-0.1, -0.05) is 29.3 Å². The van der Waals surface area contributed by atoms with Gasteiger partial charge in [-0.3, -0.25) is 9.48 Å². The molecule has 0 fully saturated rings. The van der Waals surface area contributed by atoms with Gasteiger partial charge in [0.1, 0.15) is 0 Å². The molecule has 0 aliphatic heterocycles. The van der Waals surface area contributed by atoms with Crippen LogP contribution in [0.15, 0.2) is 30.5 Å². The number of benzene rings is 1. The Morgan fingerprint density at radius 3 is 2.85 bits per heavy atom. The lowest BCUT2D eigenvalue weighted by atomic mass is 10.1. The number of rotatable bonds is 5. The van der Waals surface area contributed by atoms with Gasteiger partial charge in [-0.05, 0) is 32.4 Å². The van der Waals surface area contributed by atoms with Crippen molar-refractivity contribution in [3.8, 4) is 0 Å². The molecule has 5 heteroatoms. The highest BCUT2D eigenvalue weighted by Crippen LogP contribution is 2.12. The van der Waals surface area contributed by atoms with E-state index in [-0.39, 0.29) is 5.91 Å². The first-order chi connectivity index (χ1) is 9.56. The van der Waals surface area contributed by atoms with E-state index in [4.69, 9.17) is 11.6 Å². The van der Waals surface area contributed by atoms with E-state index in [2.05, 4.69) is 10.4 Å². The normalized spacial score (nSPS) is 10.6. The van der Waals surface area contributed by atoms with Crippen LogP contribution in [0, 0.1) is 13.8 Å². The van der Waals surface area contributed by atoms with Gasteiger partial charge in [0.25, 0.3) is 5.91 Å². The zero-order valence-corrected chi connectivity index (χ0v) is 12.4. The lowest BCUT2D eigenvalue weighted by Gasteiger charge is -2.06. The maximum absolute atomic E-state index is 11.9. The lowest BCUT2D eigenvalue weighted by Crippen LogP contribution is -2.25. The van der Waals surface area contributed by atoms with Crippen LogP contribution in [-0.4, -0.2) is 22.2 Å². The Morgan fingerprint density at radius 1 is 1.40 bits per heavy atom. The Kier molecular flexibility index (Phi) is 4.79. The van der Waals surface area contributed by atoms with Crippen LogP contribution in [-0.2, 0) is 6.54 Å². The van der Waals surface area contributed by atoms with Crippen molar-refractivity contribution in [2.24, 2.45) is 0 Å². The highest BCUT2D eigenvalue weighted by molar-refractivity contribution is 6.31. The van der Waals surface area contributed by atoms with E-state index >= 15 is 0 Å². The summed E-state index contributed by atoms with van der Waals surface area (Å²) in [7, 11) is 0. The SMILES string of the molecule is Cc1cccc(C(=O)NCCCn2cc(Cl)c(C)n2)c1. The molecule has 0 aliphatic carbocycles. The third-order valence-corrected chi connectivity index (χ3v) is 3.39. The number of nitrogens with one attached hydrogen (secondary N) is 1. The second-order valence-corrected chi connectivity index (χ2v) is 5.21. The van der Waals surface area contributed by atoms with Gasteiger partial charge in [0.15, 0.2) is 0 Å². The molecule has 0 saturated carbocycles. The predicted molar refractivity (Wildman–Crippen MR) is 80.1 cm³/mol. The standard InChI is InChI=1S/C15H18ClN3O/c1-11-5-3-6-13(9-11)15(20)17-7-4-8-19-10-14(16)12(2)18-19/h3,5-6,9-10H,4,7-8H2,1-2H3,(H,17,20). The molecular weight excluding hydrogens is 274 g/mol. The zero-order chi connectivity index (χ0) is 14.5. The predicted octanol–water partition coefficient (Wildman–Crippen LogP) is 2.97. The minimum absolute atomic E-state index is 0.0385. The summed E-state index contributed by atoms with van der Waals surface area (Å²) in [6, 6.07) is 7.56. The number of aromatic nitrogens is 2. The first-order valence-electron chi connectivity index (χ1n) is 6.60. The Labute approximate surface area is 123 Å². The summed E-state index contributed by atoms with van der Waals surface area (Å²) in [6.45, 7) is 5.20. The van der Waals surface area contributed by atoms with Gasteiger partial charge in [-0.15, -0.1) is 0 Å². The number of amides is 1. The number of hydrogen-bond acceptors (Lipinski definition) is 2. The smallest absolute Gasteiger partial charge is 0.251 e. The average molecular weight is 292 g/mol. The lowest BCUT2D eigenvalue weighted by molar-refractivity contribution is 0.0952. The van der Waals surface area contributed by atoms with E-state index in [1.165, 1.54) is 0 Å². The molecule has 1 N–H and O–H groups in total. The van der Waals surface area contributed by atoms with Crippen LogP contribution in [0.25, 0.3) is 0 Å². The summed E-state index contributed by atoms with van der Waals surface area (Å²) < 4.78 is 1.80. The van der Waals surface area contributed by atoms with Crippen LogP contribution in [0.2, 0.25) is 5.02 Å². The van der Waals surface area contributed by atoms with E-state index in [1.54, 1.807) is 10.9 Å². The minimum Gasteiger partial charge on any atom is -0.352 e. The molecular formula is C15H18ClN3O. The third kappa shape index (κ3) is 3.84. The second-order valence-electron chi connectivity index (χ2n) is 4.80. The van der Waals surface area contributed by atoms with Crippen molar-refractivity contribution in [1.29, 1.82) is 0 Å². The van der Waals surface area contributed by atoms with Gasteiger partial charge in [0, 0.05) is 24.8 Å². The summed E-state index contributed by atoms with van der Waals surface area (Å²) in [6.07, 6.45) is 2.62. The van der Waals surface area contributed by atoms with Gasteiger partial charge in [-0.2, -0.15) is 5.10 Å². The van der Waals surface area contributed by atoms with Crippen LogP contribution in [0.4, 0.5) is 0 Å². The highest BCUT2D eigenvalue weighted by atomic mass is 35.5.